The molecule has 1 heterocycles. The first-order valence-electron chi connectivity index (χ1n) is 6.92. The normalized spacial score (nSPS) is 33.6. The minimum absolute atomic E-state index is 0.0206. The van der Waals surface area contributed by atoms with E-state index in [9.17, 15) is 4.79 Å². The summed E-state index contributed by atoms with van der Waals surface area (Å²) in [5.41, 5.74) is 0.436. The second-order valence-corrected chi connectivity index (χ2v) is 6.44. The van der Waals surface area contributed by atoms with Gasteiger partial charge in [0.15, 0.2) is 0 Å². The van der Waals surface area contributed by atoms with Crippen LogP contribution in [0.3, 0.4) is 0 Å². The monoisotopic (exact) mass is 239 g/mol. The predicted octanol–water partition coefficient (Wildman–Crippen LogP) is 2.50. The zero-order chi connectivity index (χ0) is 12.5. The Balaban J connectivity index is 1.80. The molecule has 1 saturated heterocycles. The molecule has 0 aromatic carbocycles. The zero-order valence-corrected chi connectivity index (χ0v) is 11.3. The van der Waals surface area contributed by atoms with Crippen molar-refractivity contribution < 1.29 is 9.53 Å². The summed E-state index contributed by atoms with van der Waals surface area (Å²) in [5.74, 6) is 0.0946. The van der Waals surface area contributed by atoms with Crippen molar-refractivity contribution in [2.45, 2.75) is 65.0 Å². The predicted molar refractivity (Wildman–Crippen MR) is 67.7 cm³/mol. The molecule has 0 bridgehead atoms. The summed E-state index contributed by atoms with van der Waals surface area (Å²) in [7, 11) is 0. The van der Waals surface area contributed by atoms with Crippen molar-refractivity contribution in [1.29, 1.82) is 0 Å². The third-order valence-corrected chi connectivity index (χ3v) is 4.40. The molecule has 1 aliphatic heterocycles. The van der Waals surface area contributed by atoms with Crippen molar-refractivity contribution in [3.63, 3.8) is 0 Å². The Morgan fingerprint density at radius 3 is 2.41 bits per heavy atom. The van der Waals surface area contributed by atoms with Crippen molar-refractivity contribution in [2.24, 2.45) is 11.3 Å². The minimum Gasteiger partial charge on any atom is -0.462 e. The highest BCUT2D eigenvalue weighted by Crippen LogP contribution is 2.36. The summed E-state index contributed by atoms with van der Waals surface area (Å²) in [6.07, 6.45) is 5.51. The van der Waals surface area contributed by atoms with E-state index in [1.807, 2.05) is 0 Å². The molecule has 3 nitrogen and oxygen atoms in total. The molecule has 3 heteroatoms. The van der Waals surface area contributed by atoms with Gasteiger partial charge in [-0.1, -0.05) is 13.8 Å². The van der Waals surface area contributed by atoms with Crippen LogP contribution in [-0.4, -0.2) is 24.7 Å². The van der Waals surface area contributed by atoms with E-state index in [4.69, 9.17) is 4.74 Å². The van der Waals surface area contributed by atoms with Crippen molar-refractivity contribution in [1.82, 2.24) is 5.32 Å². The fourth-order valence-corrected chi connectivity index (χ4v) is 2.92. The molecule has 1 N–H and O–H groups in total. The van der Waals surface area contributed by atoms with Crippen LogP contribution in [0.5, 0.6) is 0 Å². The van der Waals surface area contributed by atoms with Gasteiger partial charge in [-0.05, 0) is 51.0 Å². The van der Waals surface area contributed by atoms with Crippen LogP contribution in [0.1, 0.15) is 52.9 Å². The van der Waals surface area contributed by atoms with E-state index < -0.39 is 0 Å². The quantitative estimate of drug-likeness (QED) is 0.752. The van der Waals surface area contributed by atoms with Gasteiger partial charge in [-0.25, -0.2) is 0 Å². The van der Waals surface area contributed by atoms with Gasteiger partial charge < -0.3 is 10.1 Å². The second-order valence-electron chi connectivity index (χ2n) is 6.44. The number of nitrogens with one attached hydrogen (secondary N) is 1. The van der Waals surface area contributed by atoms with Crippen molar-refractivity contribution in [2.75, 3.05) is 6.54 Å². The lowest BCUT2D eigenvalue weighted by Gasteiger charge is -2.34. The van der Waals surface area contributed by atoms with Gasteiger partial charge >= 0.3 is 5.97 Å². The molecule has 17 heavy (non-hydrogen) atoms. The summed E-state index contributed by atoms with van der Waals surface area (Å²) >= 11 is 0. The summed E-state index contributed by atoms with van der Waals surface area (Å²) in [6.45, 7) is 7.61. The average Bonchev–Trinajstić information content (AvgIpc) is 2.68. The van der Waals surface area contributed by atoms with Gasteiger partial charge in [0.05, 0.1) is 5.92 Å². The van der Waals surface area contributed by atoms with Crippen molar-refractivity contribution in [3.05, 3.63) is 0 Å². The lowest BCUT2D eigenvalue weighted by Crippen LogP contribution is -2.34. The fraction of sp³-hybridized carbons (Fsp3) is 0.929. The molecule has 2 rings (SSSR count). The van der Waals surface area contributed by atoms with Gasteiger partial charge in [-0.3, -0.25) is 4.79 Å². The summed E-state index contributed by atoms with van der Waals surface area (Å²) in [5, 5.41) is 3.30. The summed E-state index contributed by atoms with van der Waals surface area (Å²) < 4.78 is 5.66. The van der Waals surface area contributed by atoms with E-state index in [-0.39, 0.29) is 24.0 Å². The maximum Gasteiger partial charge on any atom is 0.310 e. The standard InChI is InChI=1S/C14H25NO2/c1-10-12(6-9-15-10)13(16)17-11-4-7-14(2,3)8-5-11/h10-12,15H,4-9H2,1-3H3. The highest BCUT2D eigenvalue weighted by Gasteiger charge is 2.34. The lowest BCUT2D eigenvalue weighted by molar-refractivity contribution is -0.156. The van der Waals surface area contributed by atoms with Crippen LogP contribution in [0.4, 0.5) is 0 Å². The molecule has 0 radical (unpaired) electrons. The van der Waals surface area contributed by atoms with Gasteiger partial charge in [0.25, 0.3) is 0 Å². The number of ether oxygens (including phenoxy) is 1. The zero-order valence-electron chi connectivity index (χ0n) is 11.3. The van der Waals surface area contributed by atoms with E-state index in [1.165, 1.54) is 12.8 Å². The molecule has 98 valence electrons. The molecule has 2 atom stereocenters. The van der Waals surface area contributed by atoms with E-state index in [2.05, 4.69) is 26.1 Å². The Morgan fingerprint density at radius 1 is 1.24 bits per heavy atom. The van der Waals surface area contributed by atoms with Crippen molar-refractivity contribution >= 4 is 5.97 Å². The molecule has 0 spiro atoms. The molecule has 2 aliphatic rings. The van der Waals surface area contributed by atoms with E-state index in [0.29, 0.717) is 5.41 Å². The first-order chi connectivity index (χ1) is 7.98. The topological polar surface area (TPSA) is 38.3 Å². The lowest BCUT2D eigenvalue weighted by atomic mass is 9.76. The number of rotatable bonds is 2. The molecule has 1 aliphatic carbocycles. The van der Waals surface area contributed by atoms with E-state index in [1.54, 1.807) is 0 Å². The summed E-state index contributed by atoms with van der Waals surface area (Å²) in [6, 6.07) is 0.280. The Hall–Kier alpha value is -0.570. The van der Waals surface area contributed by atoms with E-state index >= 15 is 0 Å². The molecule has 0 amide bonds. The largest absolute Gasteiger partial charge is 0.462 e. The van der Waals surface area contributed by atoms with Gasteiger partial charge in [0.1, 0.15) is 6.10 Å². The Labute approximate surface area is 104 Å². The highest BCUT2D eigenvalue weighted by atomic mass is 16.5. The Morgan fingerprint density at radius 2 is 1.88 bits per heavy atom. The van der Waals surface area contributed by atoms with Gasteiger partial charge in [0.2, 0.25) is 0 Å². The maximum absolute atomic E-state index is 12.0. The molecular weight excluding hydrogens is 214 g/mol. The first kappa shape index (κ1) is 12.9. The number of carbonyl (C=O) groups excluding carboxylic acids is 1. The molecule has 2 unspecified atom stereocenters. The number of hydrogen-bond donors (Lipinski definition) is 1. The second kappa shape index (κ2) is 4.97. The van der Waals surface area contributed by atoms with Crippen LogP contribution in [0.25, 0.3) is 0 Å². The number of carbonyl (C=O) groups is 1. The molecule has 2 fully saturated rings. The smallest absolute Gasteiger partial charge is 0.310 e. The molecule has 0 aromatic rings. The molecule has 0 aromatic heterocycles. The third-order valence-electron chi connectivity index (χ3n) is 4.40. The maximum atomic E-state index is 12.0. The Kier molecular flexibility index (Phi) is 3.76. The van der Waals surface area contributed by atoms with Crippen LogP contribution in [0.15, 0.2) is 0 Å². The van der Waals surface area contributed by atoms with Crippen LogP contribution >= 0.6 is 0 Å². The van der Waals surface area contributed by atoms with Crippen LogP contribution < -0.4 is 5.32 Å². The number of hydrogen-bond acceptors (Lipinski definition) is 3. The van der Waals surface area contributed by atoms with Crippen molar-refractivity contribution in [3.8, 4) is 0 Å². The molecular formula is C14H25NO2. The van der Waals surface area contributed by atoms with Gasteiger partial charge in [-0.2, -0.15) is 0 Å². The summed E-state index contributed by atoms with van der Waals surface area (Å²) in [4.78, 5) is 12.0. The Bertz CT molecular complexity index is 278. The van der Waals surface area contributed by atoms with Gasteiger partial charge in [-0.15, -0.1) is 0 Å². The van der Waals surface area contributed by atoms with Crippen LogP contribution in [0.2, 0.25) is 0 Å². The first-order valence-corrected chi connectivity index (χ1v) is 6.92. The third kappa shape index (κ3) is 3.21. The van der Waals surface area contributed by atoms with Crippen LogP contribution in [0, 0.1) is 11.3 Å². The van der Waals surface area contributed by atoms with Gasteiger partial charge in [0, 0.05) is 6.04 Å². The SMILES string of the molecule is CC1NCCC1C(=O)OC1CCC(C)(C)CC1. The molecule has 1 saturated carbocycles. The minimum atomic E-state index is 0.0206. The average molecular weight is 239 g/mol. The fourth-order valence-electron chi connectivity index (χ4n) is 2.92. The highest BCUT2D eigenvalue weighted by molar-refractivity contribution is 5.73. The number of esters is 1. The van der Waals surface area contributed by atoms with E-state index in [0.717, 1.165) is 25.8 Å². The van der Waals surface area contributed by atoms with Crippen LogP contribution in [-0.2, 0) is 9.53 Å².